The summed E-state index contributed by atoms with van der Waals surface area (Å²) in [5, 5.41) is 2.58. The van der Waals surface area contributed by atoms with Crippen LogP contribution in [0.3, 0.4) is 0 Å². The summed E-state index contributed by atoms with van der Waals surface area (Å²) in [6.07, 6.45) is 4.17. The summed E-state index contributed by atoms with van der Waals surface area (Å²) < 4.78 is 0. The van der Waals surface area contributed by atoms with Crippen LogP contribution < -0.4 is 0 Å². The lowest BCUT2D eigenvalue weighted by Crippen LogP contribution is -2.28. The van der Waals surface area contributed by atoms with E-state index in [4.69, 9.17) is 0 Å². The Labute approximate surface area is 122 Å². The van der Waals surface area contributed by atoms with E-state index in [-0.39, 0.29) is 0 Å². The minimum Gasteiger partial charge on any atom is -0.285 e. The number of hydrogen-bond donors (Lipinski definition) is 0. The van der Waals surface area contributed by atoms with Crippen molar-refractivity contribution in [3.63, 3.8) is 0 Å². The van der Waals surface area contributed by atoms with Crippen LogP contribution in [0.25, 0.3) is 0 Å². The van der Waals surface area contributed by atoms with Crippen LogP contribution in [0.15, 0.2) is 0 Å². The number of hydrogen-bond acceptors (Lipinski definition) is 6. The summed E-state index contributed by atoms with van der Waals surface area (Å²) in [5.41, 5.74) is 0. The molecule has 17 heavy (non-hydrogen) atoms. The van der Waals surface area contributed by atoms with Crippen molar-refractivity contribution in [3.05, 3.63) is 0 Å². The van der Waals surface area contributed by atoms with E-state index in [2.05, 4.69) is 56.8 Å². The first kappa shape index (κ1) is 14.7. The maximum absolute atomic E-state index is 2.59. The van der Waals surface area contributed by atoms with Crippen LogP contribution in [0, 0.1) is 0 Å². The van der Waals surface area contributed by atoms with Crippen molar-refractivity contribution in [2.75, 3.05) is 46.8 Å². The third kappa shape index (κ3) is 6.34. The van der Waals surface area contributed by atoms with E-state index in [1.54, 1.807) is 0 Å². The quantitative estimate of drug-likeness (QED) is 0.688. The Morgan fingerprint density at radius 3 is 1.41 bits per heavy atom. The fraction of sp³-hybridized carbons (Fsp3) is 1.00. The maximum Gasteiger partial charge on any atom is 0.0460 e. The Balaban J connectivity index is 1.42. The van der Waals surface area contributed by atoms with Gasteiger partial charge >= 0.3 is 0 Å². The lowest BCUT2D eigenvalue weighted by molar-refractivity contribution is 0.336. The van der Waals surface area contributed by atoms with Gasteiger partial charge in [0.25, 0.3) is 0 Å². The maximum atomic E-state index is 2.59. The lowest BCUT2D eigenvalue weighted by Gasteiger charge is -2.26. The highest BCUT2D eigenvalue weighted by Gasteiger charge is 2.11. The molecule has 100 valence electrons. The Bertz CT molecular complexity index is 174. The third-order valence-electron chi connectivity index (χ3n) is 2.88. The van der Waals surface area contributed by atoms with Gasteiger partial charge in [-0.05, 0) is 25.9 Å². The molecule has 0 unspecified atom stereocenters. The van der Waals surface area contributed by atoms with Crippen molar-refractivity contribution in [3.8, 4) is 0 Å². The number of nitrogens with zero attached hydrogens (tertiary/aromatic N) is 2. The average molecular weight is 311 g/mol. The summed E-state index contributed by atoms with van der Waals surface area (Å²) in [6.45, 7) is 2.62. The van der Waals surface area contributed by atoms with E-state index < -0.39 is 0 Å². The molecule has 0 aromatic rings. The van der Waals surface area contributed by atoms with Gasteiger partial charge in [-0.3, -0.25) is 9.80 Å². The Morgan fingerprint density at radius 1 is 0.588 bits per heavy atom. The average Bonchev–Trinajstić information content (AvgIpc) is 2.41. The van der Waals surface area contributed by atoms with E-state index in [9.17, 15) is 0 Å². The molecule has 0 amide bonds. The second-order valence-electron chi connectivity index (χ2n) is 4.42. The number of thioether (sulfide) groups is 4. The summed E-state index contributed by atoms with van der Waals surface area (Å²) in [7, 11) is 0. The SMILES string of the molecule is C(CCN1CSCSC1)CCN1CSCSC1. The fourth-order valence-corrected chi connectivity index (χ4v) is 6.24. The zero-order chi connectivity index (χ0) is 11.8. The van der Waals surface area contributed by atoms with Crippen LogP contribution in [0.4, 0.5) is 0 Å². The number of rotatable bonds is 6. The monoisotopic (exact) mass is 310 g/mol. The van der Waals surface area contributed by atoms with Crippen molar-refractivity contribution >= 4 is 47.0 Å². The standard InChI is InChI=1S/C11H22N2S4/c1(2-4-12-6-14-10-15-7-12)3-5-13-8-16-11-17-9-13/h1-11H2. The molecule has 0 aliphatic carbocycles. The Hall–Kier alpha value is 1.32. The normalized spacial score (nSPS) is 24.0. The van der Waals surface area contributed by atoms with Gasteiger partial charge in [-0.2, -0.15) is 0 Å². The molecule has 2 heterocycles. The van der Waals surface area contributed by atoms with E-state index in [1.807, 2.05) is 0 Å². The van der Waals surface area contributed by atoms with E-state index in [0.29, 0.717) is 0 Å². The zero-order valence-electron chi connectivity index (χ0n) is 10.3. The molecule has 0 N–H and O–H groups in total. The van der Waals surface area contributed by atoms with E-state index in [0.717, 1.165) is 0 Å². The first-order valence-electron chi connectivity index (χ1n) is 6.21. The van der Waals surface area contributed by atoms with Gasteiger partial charge in [-0.1, -0.05) is 6.42 Å². The van der Waals surface area contributed by atoms with E-state index in [1.165, 1.54) is 66.0 Å². The molecule has 2 rings (SSSR count). The minimum absolute atomic E-state index is 1.26. The van der Waals surface area contributed by atoms with Gasteiger partial charge in [-0.15, -0.1) is 47.0 Å². The van der Waals surface area contributed by atoms with Crippen LogP contribution >= 0.6 is 47.0 Å². The predicted molar refractivity (Wildman–Crippen MR) is 86.8 cm³/mol. The van der Waals surface area contributed by atoms with Crippen molar-refractivity contribution in [2.45, 2.75) is 19.3 Å². The summed E-state index contributed by atoms with van der Waals surface area (Å²) >= 11 is 8.26. The molecular weight excluding hydrogens is 288 g/mol. The van der Waals surface area contributed by atoms with Crippen LogP contribution in [-0.4, -0.2) is 56.6 Å². The van der Waals surface area contributed by atoms with Gasteiger partial charge in [0.15, 0.2) is 0 Å². The molecule has 0 aromatic carbocycles. The molecule has 0 bridgehead atoms. The highest BCUT2D eigenvalue weighted by atomic mass is 32.2. The second kappa shape index (κ2) is 9.26. The highest BCUT2D eigenvalue weighted by molar-refractivity contribution is 8.16. The lowest BCUT2D eigenvalue weighted by atomic mass is 10.2. The summed E-state index contributed by atoms with van der Waals surface area (Å²) in [5.74, 6) is 5.03. The largest absolute Gasteiger partial charge is 0.285 e. The van der Waals surface area contributed by atoms with Crippen LogP contribution in [0.1, 0.15) is 19.3 Å². The molecule has 2 aliphatic heterocycles. The molecule has 0 spiro atoms. The molecule has 0 atom stereocenters. The third-order valence-corrected chi connectivity index (χ3v) is 7.74. The molecular formula is C11H22N2S4. The van der Waals surface area contributed by atoms with Crippen LogP contribution in [0.5, 0.6) is 0 Å². The van der Waals surface area contributed by atoms with Crippen molar-refractivity contribution < 1.29 is 0 Å². The smallest absolute Gasteiger partial charge is 0.0460 e. The molecule has 2 saturated heterocycles. The van der Waals surface area contributed by atoms with Gasteiger partial charge in [0, 0.05) is 33.7 Å². The van der Waals surface area contributed by atoms with Crippen LogP contribution in [-0.2, 0) is 0 Å². The molecule has 2 aliphatic rings. The Morgan fingerprint density at radius 2 is 1.00 bits per heavy atom. The first-order valence-corrected chi connectivity index (χ1v) is 10.8. The minimum atomic E-state index is 1.26. The molecule has 0 saturated carbocycles. The molecule has 0 aromatic heterocycles. The first-order chi connectivity index (χ1) is 8.45. The van der Waals surface area contributed by atoms with Gasteiger partial charge in [0.05, 0.1) is 0 Å². The number of unbranched alkanes of at least 4 members (excludes halogenated alkanes) is 2. The molecule has 0 radical (unpaired) electrons. The molecule has 6 heteroatoms. The van der Waals surface area contributed by atoms with Crippen molar-refractivity contribution in [1.82, 2.24) is 9.80 Å². The van der Waals surface area contributed by atoms with Crippen molar-refractivity contribution in [1.29, 1.82) is 0 Å². The topological polar surface area (TPSA) is 6.48 Å². The highest BCUT2D eigenvalue weighted by Crippen LogP contribution is 2.23. The molecule has 2 nitrogen and oxygen atoms in total. The zero-order valence-corrected chi connectivity index (χ0v) is 13.6. The van der Waals surface area contributed by atoms with Gasteiger partial charge in [-0.25, -0.2) is 0 Å². The predicted octanol–water partition coefficient (Wildman–Crippen LogP) is 3.47. The van der Waals surface area contributed by atoms with Gasteiger partial charge < -0.3 is 0 Å². The molecule has 2 fully saturated rings. The van der Waals surface area contributed by atoms with Gasteiger partial charge in [0.2, 0.25) is 0 Å². The Kier molecular flexibility index (Phi) is 8.02. The van der Waals surface area contributed by atoms with Crippen LogP contribution in [0.2, 0.25) is 0 Å². The van der Waals surface area contributed by atoms with Gasteiger partial charge in [0.1, 0.15) is 0 Å². The van der Waals surface area contributed by atoms with Crippen molar-refractivity contribution in [2.24, 2.45) is 0 Å². The fourth-order valence-electron chi connectivity index (χ4n) is 1.96. The summed E-state index contributed by atoms with van der Waals surface area (Å²) in [6, 6.07) is 0. The second-order valence-corrected chi connectivity index (χ2v) is 8.97. The summed E-state index contributed by atoms with van der Waals surface area (Å²) in [4.78, 5) is 5.18. The van der Waals surface area contributed by atoms with E-state index >= 15 is 0 Å².